The number of hydrogen-bond acceptors (Lipinski definition) is 4. The number of aromatic carboxylic acids is 1. The Hall–Kier alpha value is -2.11. The highest BCUT2D eigenvalue weighted by Crippen LogP contribution is 2.30. The van der Waals surface area contributed by atoms with Crippen molar-refractivity contribution in [3.8, 4) is 5.75 Å². The number of nitro groups is 1. The summed E-state index contributed by atoms with van der Waals surface area (Å²) in [5.41, 5.74) is -1.08. The molecule has 0 unspecified atom stereocenters. The zero-order valence-corrected chi connectivity index (χ0v) is 9.76. The van der Waals surface area contributed by atoms with E-state index in [0.29, 0.717) is 0 Å². The second kappa shape index (κ2) is 4.40. The highest BCUT2D eigenvalue weighted by Gasteiger charge is 2.22. The summed E-state index contributed by atoms with van der Waals surface area (Å²) < 4.78 is 5.39. The number of ether oxygens (including phenoxy) is 1. The maximum Gasteiger partial charge on any atom is 0.335 e. The summed E-state index contributed by atoms with van der Waals surface area (Å²) >= 11 is 0. The second-order valence-corrected chi connectivity index (χ2v) is 4.46. The number of carbonyl (C=O) groups is 1. The van der Waals surface area contributed by atoms with Gasteiger partial charge in [0.05, 0.1) is 10.5 Å². The largest absolute Gasteiger partial charge is 0.481 e. The molecule has 0 spiro atoms. The molecule has 0 bridgehead atoms. The van der Waals surface area contributed by atoms with Crippen LogP contribution in [-0.2, 0) is 0 Å². The van der Waals surface area contributed by atoms with Gasteiger partial charge in [-0.2, -0.15) is 0 Å². The number of rotatable bonds is 3. The first-order valence-corrected chi connectivity index (χ1v) is 4.91. The molecule has 0 heterocycles. The van der Waals surface area contributed by atoms with Gasteiger partial charge in [0, 0.05) is 6.07 Å². The van der Waals surface area contributed by atoms with E-state index in [2.05, 4.69) is 0 Å². The summed E-state index contributed by atoms with van der Waals surface area (Å²) in [4.78, 5) is 20.9. The van der Waals surface area contributed by atoms with E-state index in [1.165, 1.54) is 12.1 Å². The Balaban J connectivity index is 3.23. The standard InChI is InChI=1S/C11H13NO5/c1-11(2,3)17-9-5-4-7(10(13)14)6-8(9)12(15)16/h4-6H,1-3H3,(H,13,14). The van der Waals surface area contributed by atoms with Crippen molar-refractivity contribution in [3.05, 3.63) is 33.9 Å². The van der Waals surface area contributed by atoms with Gasteiger partial charge in [0.1, 0.15) is 5.60 Å². The molecule has 17 heavy (non-hydrogen) atoms. The van der Waals surface area contributed by atoms with Crippen molar-refractivity contribution in [2.45, 2.75) is 26.4 Å². The van der Waals surface area contributed by atoms with Crippen LogP contribution in [0.5, 0.6) is 5.75 Å². The topological polar surface area (TPSA) is 89.7 Å². The Bertz CT molecular complexity index is 461. The van der Waals surface area contributed by atoms with Crippen molar-refractivity contribution in [3.63, 3.8) is 0 Å². The molecule has 1 rings (SSSR count). The lowest BCUT2D eigenvalue weighted by molar-refractivity contribution is -0.386. The van der Waals surface area contributed by atoms with Gasteiger partial charge in [-0.05, 0) is 32.9 Å². The zero-order chi connectivity index (χ0) is 13.2. The van der Waals surface area contributed by atoms with Crippen LogP contribution in [0.4, 0.5) is 5.69 Å². The second-order valence-electron chi connectivity index (χ2n) is 4.46. The van der Waals surface area contributed by atoms with Gasteiger partial charge in [0.2, 0.25) is 0 Å². The zero-order valence-electron chi connectivity index (χ0n) is 9.76. The number of hydrogen-bond donors (Lipinski definition) is 1. The molecular weight excluding hydrogens is 226 g/mol. The molecule has 0 saturated heterocycles. The third-order valence-corrected chi connectivity index (χ3v) is 1.82. The maximum absolute atomic E-state index is 10.8. The van der Waals surface area contributed by atoms with Gasteiger partial charge < -0.3 is 9.84 Å². The molecule has 92 valence electrons. The molecule has 6 heteroatoms. The van der Waals surface area contributed by atoms with Gasteiger partial charge in [-0.25, -0.2) is 4.79 Å². The Labute approximate surface area is 98.0 Å². The Morgan fingerprint density at radius 2 is 2.00 bits per heavy atom. The molecule has 0 atom stereocenters. The lowest BCUT2D eigenvalue weighted by Crippen LogP contribution is -2.23. The molecule has 0 amide bonds. The van der Waals surface area contributed by atoms with Crippen LogP contribution in [0.25, 0.3) is 0 Å². The van der Waals surface area contributed by atoms with Crippen LogP contribution >= 0.6 is 0 Å². The lowest BCUT2D eigenvalue weighted by atomic mass is 10.1. The maximum atomic E-state index is 10.8. The highest BCUT2D eigenvalue weighted by atomic mass is 16.6. The normalized spacial score (nSPS) is 11.0. The summed E-state index contributed by atoms with van der Waals surface area (Å²) in [6, 6.07) is 3.56. The highest BCUT2D eigenvalue weighted by molar-refractivity contribution is 5.88. The summed E-state index contributed by atoms with van der Waals surface area (Å²) in [5.74, 6) is -1.15. The summed E-state index contributed by atoms with van der Waals surface area (Å²) in [6.07, 6.45) is 0. The fourth-order valence-electron chi connectivity index (χ4n) is 1.21. The first-order chi connectivity index (χ1) is 7.70. The molecular formula is C11H13NO5. The molecule has 6 nitrogen and oxygen atoms in total. The smallest absolute Gasteiger partial charge is 0.335 e. The molecule has 1 aromatic rings. The molecule has 0 aliphatic carbocycles. The summed E-state index contributed by atoms with van der Waals surface area (Å²) in [5, 5.41) is 19.6. The molecule has 0 aliphatic rings. The molecule has 0 aromatic heterocycles. The number of carboxylic acid groups (broad SMARTS) is 1. The van der Waals surface area contributed by atoms with Crippen molar-refractivity contribution < 1.29 is 19.6 Å². The monoisotopic (exact) mass is 239 g/mol. The average Bonchev–Trinajstić information content (AvgIpc) is 2.14. The number of benzene rings is 1. The number of carboxylic acids is 1. The SMILES string of the molecule is CC(C)(C)Oc1ccc(C(=O)O)cc1[N+](=O)[O-]. The van der Waals surface area contributed by atoms with Crippen LogP contribution in [-0.4, -0.2) is 21.6 Å². The molecule has 1 aromatic carbocycles. The van der Waals surface area contributed by atoms with Gasteiger partial charge in [0.15, 0.2) is 5.75 Å². The number of nitrogens with zero attached hydrogens (tertiary/aromatic N) is 1. The fraction of sp³-hybridized carbons (Fsp3) is 0.364. The molecule has 0 fully saturated rings. The van der Waals surface area contributed by atoms with E-state index >= 15 is 0 Å². The summed E-state index contributed by atoms with van der Waals surface area (Å²) in [7, 11) is 0. The van der Waals surface area contributed by atoms with E-state index in [9.17, 15) is 14.9 Å². The fourth-order valence-corrected chi connectivity index (χ4v) is 1.21. The van der Waals surface area contributed by atoms with Gasteiger partial charge in [0.25, 0.3) is 0 Å². The minimum Gasteiger partial charge on any atom is -0.481 e. The lowest BCUT2D eigenvalue weighted by Gasteiger charge is -2.20. The Morgan fingerprint density at radius 3 is 2.41 bits per heavy atom. The van der Waals surface area contributed by atoms with Crippen molar-refractivity contribution in [2.24, 2.45) is 0 Å². The third kappa shape index (κ3) is 3.44. The van der Waals surface area contributed by atoms with Crippen LogP contribution in [0.3, 0.4) is 0 Å². The third-order valence-electron chi connectivity index (χ3n) is 1.82. The first-order valence-electron chi connectivity index (χ1n) is 4.91. The van der Waals surface area contributed by atoms with Crippen LogP contribution in [0.15, 0.2) is 18.2 Å². The Kier molecular flexibility index (Phi) is 3.36. The van der Waals surface area contributed by atoms with Crippen LogP contribution < -0.4 is 4.74 Å². The van der Waals surface area contributed by atoms with Gasteiger partial charge >= 0.3 is 11.7 Å². The van der Waals surface area contributed by atoms with Crippen molar-refractivity contribution in [1.29, 1.82) is 0 Å². The van der Waals surface area contributed by atoms with E-state index in [0.717, 1.165) is 6.07 Å². The van der Waals surface area contributed by atoms with E-state index in [1.54, 1.807) is 20.8 Å². The first kappa shape index (κ1) is 13.0. The van der Waals surface area contributed by atoms with E-state index in [1.807, 2.05) is 0 Å². The van der Waals surface area contributed by atoms with Crippen molar-refractivity contribution >= 4 is 11.7 Å². The van der Waals surface area contributed by atoms with Crippen LogP contribution in [0.2, 0.25) is 0 Å². The average molecular weight is 239 g/mol. The van der Waals surface area contributed by atoms with Crippen LogP contribution in [0.1, 0.15) is 31.1 Å². The molecule has 0 saturated carbocycles. The van der Waals surface area contributed by atoms with Gasteiger partial charge in [-0.1, -0.05) is 0 Å². The van der Waals surface area contributed by atoms with Crippen LogP contribution in [0, 0.1) is 10.1 Å². The van der Waals surface area contributed by atoms with Crippen molar-refractivity contribution in [1.82, 2.24) is 0 Å². The van der Waals surface area contributed by atoms with E-state index in [4.69, 9.17) is 9.84 Å². The molecule has 0 radical (unpaired) electrons. The predicted molar refractivity (Wildman–Crippen MR) is 60.4 cm³/mol. The minimum atomic E-state index is -1.21. The quantitative estimate of drug-likeness (QED) is 0.646. The van der Waals surface area contributed by atoms with E-state index < -0.39 is 16.5 Å². The summed E-state index contributed by atoms with van der Waals surface area (Å²) in [6.45, 7) is 5.26. The Morgan fingerprint density at radius 1 is 1.41 bits per heavy atom. The van der Waals surface area contributed by atoms with Crippen molar-refractivity contribution in [2.75, 3.05) is 0 Å². The van der Waals surface area contributed by atoms with Gasteiger partial charge in [-0.15, -0.1) is 0 Å². The van der Waals surface area contributed by atoms with Gasteiger partial charge in [-0.3, -0.25) is 10.1 Å². The number of nitro benzene ring substituents is 1. The van der Waals surface area contributed by atoms with E-state index in [-0.39, 0.29) is 17.0 Å². The predicted octanol–water partition coefficient (Wildman–Crippen LogP) is 2.47. The minimum absolute atomic E-state index is 0.0625. The molecule has 0 aliphatic heterocycles. The molecule has 1 N–H and O–H groups in total.